The molecule has 0 spiro atoms. The number of rotatable bonds is 7. The summed E-state index contributed by atoms with van der Waals surface area (Å²) < 4.78 is 0. The highest BCUT2D eigenvalue weighted by atomic mass is 35.5. The van der Waals surface area contributed by atoms with Gasteiger partial charge < -0.3 is 0 Å². The minimum Gasteiger partial charge on any atom is -0.299 e. The zero-order valence-corrected chi connectivity index (χ0v) is 15.7. The number of alkyl halides is 2. The van der Waals surface area contributed by atoms with Crippen LogP contribution in [0.3, 0.4) is 0 Å². The molecule has 7 heteroatoms. The van der Waals surface area contributed by atoms with Crippen molar-refractivity contribution in [2.45, 2.75) is 0 Å². The first-order chi connectivity index (χ1) is 12.1. The van der Waals surface area contributed by atoms with Gasteiger partial charge in [0.05, 0.1) is 0 Å². The third kappa shape index (κ3) is 3.49. The fourth-order valence-corrected chi connectivity index (χ4v) is 3.83. The van der Waals surface area contributed by atoms with E-state index in [4.69, 9.17) is 34.8 Å². The highest BCUT2D eigenvalue weighted by molar-refractivity contribution is 6.38. The summed E-state index contributed by atoms with van der Waals surface area (Å²) in [6, 6.07) is 8.72. The first-order valence-corrected chi connectivity index (χ1v) is 9.45. The van der Waals surface area contributed by atoms with Crippen molar-refractivity contribution in [2.75, 3.05) is 37.9 Å². The summed E-state index contributed by atoms with van der Waals surface area (Å²) in [6.45, 7) is 2.15. The van der Waals surface area contributed by atoms with Gasteiger partial charge in [-0.1, -0.05) is 23.7 Å². The van der Waals surface area contributed by atoms with E-state index in [0.29, 0.717) is 59.5 Å². The van der Waals surface area contributed by atoms with Crippen LogP contribution in [0.25, 0.3) is 10.8 Å². The highest BCUT2D eigenvalue weighted by Gasteiger charge is 2.33. The molecule has 0 fully saturated rings. The molecule has 1 aliphatic heterocycles. The lowest BCUT2D eigenvalue weighted by atomic mass is 9.94. The summed E-state index contributed by atoms with van der Waals surface area (Å²) in [5, 5.41) is 1.90. The lowest BCUT2D eigenvalue weighted by Gasteiger charge is -2.29. The molecular formula is C18H17Cl3N2O2. The standard InChI is InChI=1S/C18H17Cl3N2O2/c19-6-8-22(9-7-20)10-11-23-17(24)13-3-1-2-12-15(21)5-4-14(16(12)13)18(23)25/h1-5H,6-11H2. The van der Waals surface area contributed by atoms with Crippen LogP contribution in [-0.4, -0.2) is 59.6 Å². The monoisotopic (exact) mass is 398 g/mol. The summed E-state index contributed by atoms with van der Waals surface area (Å²) in [5.41, 5.74) is 1.02. The Morgan fingerprint density at radius 2 is 1.52 bits per heavy atom. The Kier molecular flexibility index (Phi) is 5.85. The quantitative estimate of drug-likeness (QED) is 0.524. The topological polar surface area (TPSA) is 40.6 Å². The molecule has 1 heterocycles. The fraction of sp³-hybridized carbons (Fsp3) is 0.333. The van der Waals surface area contributed by atoms with Crippen molar-refractivity contribution in [3.05, 3.63) is 46.5 Å². The normalized spacial score (nSPS) is 14.0. The molecule has 0 aromatic heterocycles. The molecule has 0 aliphatic carbocycles. The lowest BCUT2D eigenvalue weighted by molar-refractivity contribution is 0.0595. The largest absolute Gasteiger partial charge is 0.299 e. The molecule has 132 valence electrons. The van der Waals surface area contributed by atoms with Gasteiger partial charge in [0.1, 0.15) is 0 Å². The Morgan fingerprint density at radius 1 is 0.880 bits per heavy atom. The number of carbonyl (C=O) groups excluding carboxylic acids is 2. The molecule has 4 nitrogen and oxygen atoms in total. The van der Waals surface area contributed by atoms with E-state index >= 15 is 0 Å². The van der Waals surface area contributed by atoms with E-state index in [2.05, 4.69) is 0 Å². The van der Waals surface area contributed by atoms with Crippen molar-refractivity contribution < 1.29 is 9.59 Å². The molecule has 0 saturated heterocycles. The number of hydrogen-bond donors (Lipinski definition) is 0. The van der Waals surface area contributed by atoms with Gasteiger partial charge in [-0.25, -0.2) is 0 Å². The molecule has 25 heavy (non-hydrogen) atoms. The average molecular weight is 400 g/mol. The molecule has 1 aliphatic rings. The zero-order chi connectivity index (χ0) is 18.0. The second kappa shape index (κ2) is 7.92. The Bertz CT molecular complexity index is 797. The van der Waals surface area contributed by atoms with Gasteiger partial charge in [-0.2, -0.15) is 0 Å². The van der Waals surface area contributed by atoms with E-state index in [1.54, 1.807) is 24.3 Å². The van der Waals surface area contributed by atoms with Crippen LogP contribution in [0.5, 0.6) is 0 Å². The van der Waals surface area contributed by atoms with Crippen LogP contribution in [0.1, 0.15) is 20.7 Å². The van der Waals surface area contributed by atoms with E-state index in [1.807, 2.05) is 11.0 Å². The van der Waals surface area contributed by atoms with E-state index < -0.39 is 0 Å². The number of benzene rings is 2. The van der Waals surface area contributed by atoms with E-state index in [-0.39, 0.29) is 11.8 Å². The first-order valence-electron chi connectivity index (χ1n) is 8.00. The van der Waals surface area contributed by atoms with Gasteiger partial charge in [0, 0.05) is 64.9 Å². The van der Waals surface area contributed by atoms with Crippen LogP contribution >= 0.6 is 34.8 Å². The summed E-state index contributed by atoms with van der Waals surface area (Å²) in [7, 11) is 0. The SMILES string of the molecule is O=C1c2cccc3c(Cl)ccc(c23)C(=O)N1CCN(CCCl)CCCl. The van der Waals surface area contributed by atoms with Crippen LogP contribution < -0.4 is 0 Å². The second-order valence-electron chi connectivity index (χ2n) is 5.80. The van der Waals surface area contributed by atoms with Gasteiger partial charge in [-0.3, -0.25) is 19.4 Å². The molecule has 2 aromatic carbocycles. The molecule has 3 rings (SSSR count). The van der Waals surface area contributed by atoms with E-state index in [1.165, 1.54) is 4.90 Å². The van der Waals surface area contributed by atoms with Crippen LogP contribution in [-0.2, 0) is 0 Å². The van der Waals surface area contributed by atoms with E-state index in [9.17, 15) is 9.59 Å². The Labute approximate surface area is 161 Å². The summed E-state index contributed by atoms with van der Waals surface area (Å²) in [6.07, 6.45) is 0. The van der Waals surface area contributed by atoms with Gasteiger partial charge in [-0.15, -0.1) is 23.2 Å². The van der Waals surface area contributed by atoms with Crippen molar-refractivity contribution >= 4 is 57.4 Å². The molecule has 2 amide bonds. The number of hydrogen-bond acceptors (Lipinski definition) is 3. The third-order valence-corrected chi connectivity index (χ3v) is 5.05. The average Bonchev–Trinajstić information content (AvgIpc) is 2.61. The molecule has 0 N–H and O–H groups in total. The predicted octanol–water partition coefficient (Wildman–Crippen LogP) is 3.87. The third-order valence-electron chi connectivity index (χ3n) is 4.38. The summed E-state index contributed by atoms with van der Waals surface area (Å²) >= 11 is 17.8. The van der Waals surface area contributed by atoms with Crippen molar-refractivity contribution in [1.29, 1.82) is 0 Å². The van der Waals surface area contributed by atoms with Gasteiger partial charge in [0.15, 0.2) is 0 Å². The Morgan fingerprint density at radius 3 is 2.16 bits per heavy atom. The Hall–Kier alpha value is -1.33. The van der Waals surface area contributed by atoms with Gasteiger partial charge in [-0.05, 0) is 18.2 Å². The molecule has 0 atom stereocenters. The number of carbonyl (C=O) groups is 2. The maximum atomic E-state index is 12.8. The zero-order valence-electron chi connectivity index (χ0n) is 13.5. The number of halogens is 3. The van der Waals surface area contributed by atoms with Gasteiger partial charge in [0.2, 0.25) is 0 Å². The molecule has 0 saturated carbocycles. The smallest absolute Gasteiger partial charge is 0.261 e. The van der Waals surface area contributed by atoms with E-state index in [0.717, 1.165) is 5.39 Å². The molecule has 0 unspecified atom stereocenters. The highest BCUT2D eigenvalue weighted by Crippen LogP contribution is 2.33. The minimum atomic E-state index is -0.290. The van der Waals surface area contributed by atoms with Crippen molar-refractivity contribution in [3.63, 3.8) is 0 Å². The van der Waals surface area contributed by atoms with Gasteiger partial charge in [0.25, 0.3) is 11.8 Å². The first kappa shape index (κ1) is 18.5. The van der Waals surface area contributed by atoms with Crippen LogP contribution in [0.15, 0.2) is 30.3 Å². The minimum absolute atomic E-state index is 0.290. The molecule has 0 radical (unpaired) electrons. The summed E-state index contributed by atoms with van der Waals surface area (Å²) in [5.74, 6) is 0.364. The molecule has 0 bridgehead atoms. The van der Waals surface area contributed by atoms with Crippen molar-refractivity contribution in [2.24, 2.45) is 0 Å². The van der Waals surface area contributed by atoms with Crippen LogP contribution in [0.2, 0.25) is 5.02 Å². The molecule has 2 aromatic rings. The number of amides is 2. The molecular weight excluding hydrogens is 383 g/mol. The summed E-state index contributed by atoms with van der Waals surface area (Å²) in [4.78, 5) is 29.0. The van der Waals surface area contributed by atoms with Crippen molar-refractivity contribution in [3.8, 4) is 0 Å². The van der Waals surface area contributed by atoms with Crippen LogP contribution in [0, 0.1) is 0 Å². The number of nitrogens with zero attached hydrogens (tertiary/aromatic N) is 2. The fourth-order valence-electron chi connectivity index (χ4n) is 3.13. The van der Waals surface area contributed by atoms with Gasteiger partial charge >= 0.3 is 0 Å². The number of imide groups is 1. The maximum Gasteiger partial charge on any atom is 0.261 e. The lowest BCUT2D eigenvalue weighted by Crippen LogP contribution is -2.45. The second-order valence-corrected chi connectivity index (χ2v) is 6.97. The Balaban J connectivity index is 1.91. The maximum absolute atomic E-state index is 12.8. The van der Waals surface area contributed by atoms with Crippen LogP contribution in [0.4, 0.5) is 0 Å². The van der Waals surface area contributed by atoms with Crippen molar-refractivity contribution in [1.82, 2.24) is 9.80 Å². The predicted molar refractivity (Wildman–Crippen MR) is 102 cm³/mol.